The number of aryl methyl sites for hydroxylation is 1. The summed E-state index contributed by atoms with van der Waals surface area (Å²) in [6.45, 7) is 1.77. The summed E-state index contributed by atoms with van der Waals surface area (Å²) in [6.07, 6.45) is 0. The molecule has 1 rings (SSSR count). The third-order valence-corrected chi connectivity index (χ3v) is 2.57. The van der Waals surface area contributed by atoms with Crippen LogP contribution in [-0.2, 0) is 9.53 Å². The minimum Gasteiger partial charge on any atom is -0.468 e. The first kappa shape index (κ1) is 10.7. The number of carbonyl (C=O) groups is 2. The molecule has 1 aromatic rings. The first-order valence-corrected chi connectivity index (χ1v) is 4.92. The third kappa shape index (κ3) is 2.56. The van der Waals surface area contributed by atoms with E-state index in [1.807, 2.05) is 12.3 Å². The van der Waals surface area contributed by atoms with Gasteiger partial charge in [0.1, 0.15) is 6.54 Å². The van der Waals surface area contributed by atoms with Crippen molar-refractivity contribution in [1.29, 1.82) is 0 Å². The second-order valence-electron chi connectivity index (χ2n) is 2.65. The smallest absolute Gasteiger partial charge is 0.325 e. The zero-order valence-corrected chi connectivity index (χ0v) is 8.81. The van der Waals surface area contributed by atoms with E-state index >= 15 is 0 Å². The monoisotopic (exact) mass is 213 g/mol. The summed E-state index contributed by atoms with van der Waals surface area (Å²) in [5.74, 6) is -0.694. The quantitative estimate of drug-likeness (QED) is 0.761. The lowest BCUT2D eigenvalue weighted by atomic mass is 10.2. The van der Waals surface area contributed by atoms with Crippen molar-refractivity contribution < 1.29 is 14.3 Å². The van der Waals surface area contributed by atoms with Gasteiger partial charge < -0.3 is 10.1 Å². The molecular formula is C9H11NO3S. The molecule has 0 aliphatic carbocycles. The molecule has 0 unspecified atom stereocenters. The van der Waals surface area contributed by atoms with Crippen molar-refractivity contribution in [1.82, 2.24) is 5.32 Å². The summed E-state index contributed by atoms with van der Waals surface area (Å²) in [7, 11) is 1.28. The van der Waals surface area contributed by atoms with Crippen LogP contribution in [0.15, 0.2) is 11.4 Å². The topological polar surface area (TPSA) is 55.4 Å². The second kappa shape index (κ2) is 4.76. The van der Waals surface area contributed by atoms with Crippen LogP contribution in [-0.4, -0.2) is 25.5 Å². The predicted octanol–water partition coefficient (Wildman–Crippen LogP) is 0.959. The number of nitrogens with one attached hydrogen (secondary N) is 1. The summed E-state index contributed by atoms with van der Waals surface area (Å²) in [5.41, 5.74) is 0.610. The molecule has 0 aliphatic rings. The van der Waals surface area contributed by atoms with Gasteiger partial charge in [-0.05, 0) is 18.4 Å². The zero-order chi connectivity index (χ0) is 10.6. The van der Waals surface area contributed by atoms with Crippen LogP contribution >= 0.6 is 11.3 Å². The van der Waals surface area contributed by atoms with E-state index in [2.05, 4.69) is 10.1 Å². The SMILES string of the molecule is COC(=O)CNC(=O)c1ccsc1C. The van der Waals surface area contributed by atoms with E-state index in [-0.39, 0.29) is 12.5 Å². The Hall–Kier alpha value is -1.36. The molecule has 4 nitrogen and oxygen atoms in total. The minimum absolute atomic E-state index is 0.0926. The van der Waals surface area contributed by atoms with E-state index in [4.69, 9.17) is 0 Å². The predicted molar refractivity (Wildman–Crippen MR) is 53.4 cm³/mol. The Morgan fingerprint density at radius 1 is 1.57 bits per heavy atom. The van der Waals surface area contributed by atoms with Gasteiger partial charge in [-0.15, -0.1) is 11.3 Å². The number of hydrogen-bond donors (Lipinski definition) is 1. The molecule has 0 atom stereocenters. The minimum atomic E-state index is -0.453. The largest absolute Gasteiger partial charge is 0.468 e. The highest BCUT2D eigenvalue weighted by molar-refractivity contribution is 7.10. The number of ether oxygens (including phenoxy) is 1. The van der Waals surface area contributed by atoms with Crippen molar-refractivity contribution >= 4 is 23.2 Å². The van der Waals surface area contributed by atoms with E-state index in [0.29, 0.717) is 5.56 Å². The Kier molecular flexibility index (Phi) is 3.64. The second-order valence-corrected chi connectivity index (χ2v) is 3.77. The molecule has 0 bridgehead atoms. The van der Waals surface area contributed by atoms with E-state index < -0.39 is 5.97 Å². The normalized spacial score (nSPS) is 9.57. The van der Waals surface area contributed by atoms with Crippen molar-refractivity contribution in [3.8, 4) is 0 Å². The van der Waals surface area contributed by atoms with E-state index in [0.717, 1.165) is 4.88 Å². The van der Waals surface area contributed by atoms with Gasteiger partial charge in [-0.3, -0.25) is 9.59 Å². The lowest BCUT2D eigenvalue weighted by molar-refractivity contribution is -0.139. The first-order valence-electron chi connectivity index (χ1n) is 4.04. The van der Waals surface area contributed by atoms with Crippen LogP contribution in [0.25, 0.3) is 0 Å². The fraction of sp³-hybridized carbons (Fsp3) is 0.333. The molecule has 0 aliphatic heterocycles. The van der Waals surface area contributed by atoms with Gasteiger partial charge in [-0.25, -0.2) is 0 Å². The molecule has 0 saturated heterocycles. The van der Waals surface area contributed by atoms with Crippen molar-refractivity contribution in [3.63, 3.8) is 0 Å². The highest BCUT2D eigenvalue weighted by atomic mass is 32.1. The van der Waals surface area contributed by atoms with E-state index in [1.165, 1.54) is 18.4 Å². The van der Waals surface area contributed by atoms with Crippen molar-refractivity contribution in [3.05, 3.63) is 21.9 Å². The van der Waals surface area contributed by atoms with Crippen LogP contribution < -0.4 is 5.32 Å². The van der Waals surface area contributed by atoms with Gasteiger partial charge in [0.15, 0.2) is 0 Å². The fourth-order valence-corrected chi connectivity index (χ4v) is 1.64. The van der Waals surface area contributed by atoms with Gasteiger partial charge in [0, 0.05) is 4.88 Å². The zero-order valence-electron chi connectivity index (χ0n) is 7.99. The van der Waals surface area contributed by atoms with Crippen molar-refractivity contribution in [2.24, 2.45) is 0 Å². The molecule has 0 spiro atoms. The Morgan fingerprint density at radius 3 is 2.79 bits per heavy atom. The molecule has 0 aromatic carbocycles. The number of carbonyl (C=O) groups excluding carboxylic acids is 2. The number of rotatable bonds is 3. The first-order chi connectivity index (χ1) is 6.65. The Bertz CT molecular complexity index is 346. The van der Waals surface area contributed by atoms with Crippen LogP contribution in [0.2, 0.25) is 0 Å². The van der Waals surface area contributed by atoms with Gasteiger partial charge in [-0.2, -0.15) is 0 Å². The lowest BCUT2D eigenvalue weighted by Crippen LogP contribution is -2.30. The van der Waals surface area contributed by atoms with Crippen LogP contribution in [0.4, 0.5) is 0 Å². The van der Waals surface area contributed by atoms with Crippen LogP contribution in [0.1, 0.15) is 15.2 Å². The maximum absolute atomic E-state index is 11.4. The summed E-state index contributed by atoms with van der Waals surface area (Å²) >= 11 is 1.50. The molecule has 5 heteroatoms. The fourth-order valence-electron chi connectivity index (χ4n) is 0.940. The maximum Gasteiger partial charge on any atom is 0.325 e. The number of thiophene rings is 1. The molecule has 1 aromatic heterocycles. The summed E-state index contributed by atoms with van der Waals surface area (Å²) < 4.78 is 4.40. The van der Waals surface area contributed by atoms with Gasteiger partial charge in [0.2, 0.25) is 0 Å². The molecule has 0 fully saturated rings. The standard InChI is InChI=1S/C9H11NO3S/c1-6-7(3-4-14-6)9(12)10-5-8(11)13-2/h3-4H,5H2,1-2H3,(H,10,12). The lowest BCUT2D eigenvalue weighted by Gasteiger charge is -2.02. The summed E-state index contributed by atoms with van der Waals surface area (Å²) in [5, 5.41) is 4.31. The third-order valence-electron chi connectivity index (χ3n) is 1.72. The molecule has 1 N–H and O–H groups in total. The molecule has 14 heavy (non-hydrogen) atoms. The average molecular weight is 213 g/mol. The number of amides is 1. The Morgan fingerprint density at radius 2 is 2.29 bits per heavy atom. The van der Waals surface area contributed by atoms with Crippen molar-refractivity contribution in [2.75, 3.05) is 13.7 Å². The Labute approximate surface area is 85.9 Å². The molecular weight excluding hydrogens is 202 g/mol. The molecule has 1 heterocycles. The summed E-state index contributed by atoms with van der Waals surface area (Å²) in [4.78, 5) is 23.1. The van der Waals surface area contributed by atoms with Crippen LogP contribution in [0, 0.1) is 6.92 Å². The van der Waals surface area contributed by atoms with Gasteiger partial charge in [0.05, 0.1) is 12.7 Å². The van der Waals surface area contributed by atoms with Crippen molar-refractivity contribution in [2.45, 2.75) is 6.92 Å². The molecule has 0 saturated carbocycles. The number of hydrogen-bond acceptors (Lipinski definition) is 4. The highest BCUT2D eigenvalue weighted by Gasteiger charge is 2.10. The van der Waals surface area contributed by atoms with E-state index in [9.17, 15) is 9.59 Å². The maximum atomic E-state index is 11.4. The molecule has 1 amide bonds. The van der Waals surface area contributed by atoms with Crippen LogP contribution in [0.3, 0.4) is 0 Å². The highest BCUT2D eigenvalue weighted by Crippen LogP contribution is 2.14. The van der Waals surface area contributed by atoms with E-state index in [1.54, 1.807) is 6.07 Å². The van der Waals surface area contributed by atoms with Crippen LogP contribution in [0.5, 0.6) is 0 Å². The average Bonchev–Trinajstić information content (AvgIpc) is 2.60. The summed E-state index contributed by atoms with van der Waals surface area (Å²) in [6, 6.07) is 1.73. The molecule has 0 radical (unpaired) electrons. The Balaban J connectivity index is 2.52. The van der Waals surface area contributed by atoms with Gasteiger partial charge >= 0.3 is 5.97 Å². The number of esters is 1. The van der Waals surface area contributed by atoms with Gasteiger partial charge in [0.25, 0.3) is 5.91 Å². The number of methoxy groups -OCH3 is 1. The van der Waals surface area contributed by atoms with Gasteiger partial charge in [-0.1, -0.05) is 0 Å². The molecule has 76 valence electrons.